The van der Waals surface area contributed by atoms with Crippen LogP contribution >= 0.6 is 0 Å². The van der Waals surface area contributed by atoms with Gasteiger partial charge >= 0.3 is 5.97 Å². The van der Waals surface area contributed by atoms with Crippen molar-refractivity contribution in [3.8, 4) is 0 Å². The molecule has 0 amide bonds. The van der Waals surface area contributed by atoms with Crippen LogP contribution < -0.4 is 11.1 Å². The second kappa shape index (κ2) is 8.72. The number of ether oxygens (including phenoxy) is 1. The smallest absolute Gasteiger partial charge is 0.329 e. The van der Waals surface area contributed by atoms with E-state index in [0.717, 1.165) is 16.8 Å². The van der Waals surface area contributed by atoms with Gasteiger partial charge in [0.25, 0.3) is 0 Å². The molecule has 0 saturated carbocycles. The van der Waals surface area contributed by atoms with Gasteiger partial charge in [0.2, 0.25) is 0 Å². The van der Waals surface area contributed by atoms with Gasteiger partial charge in [0.15, 0.2) is 0 Å². The lowest BCUT2D eigenvalue weighted by atomic mass is 10.1. The molecule has 1 atom stereocenters. The molecule has 0 saturated heterocycles. The first-order chi connectivity index (χ1) is 12.7. The molecule has 0 aliphatic carbocycles. The van der Waals surface area contributed by atoms with Crippen LogP contribution in [0.3, 0.4) is 0 Å². The Morgan fingerprint density at radius 2 is 1.42 bits per heavy atom. The molecule has 132 valence electrons. The molecule has 0 bridgehead atoms. The Hall–Kier alpha value is -3.27. The highest BCUT2D eigenvalue weighted by atomic mass is 16.5. The number of esters is 1. The van der Waals surface area contributed by atoms with E-state index in [1.807, 2.05) is 72.8 Å². The average molecular weight is 346 g/mol. The molecule has 0 fully saturated rings. The van der Waals surface area contributed by atoms with Crippen LogP contribution in [-0.2, 0) is 22.6 Å². The quantitative estimate of drug-likeness (QED) is 0.501. The highest BCUT2D eigenvalue weighted by Gasteiger charge is 2.20. The molecule has 0 radical (unpaired) electrons. The minimum absolute atomic E-state index is 0.258. The summed E-state index contributed by atoms with van der Waals surface area (Å²) in [6, 6.07) is 26.4. The Kier molecular flexibility index (Phi) is 5.88. The van der Waals surface area contributed by atoms with Gasteiger partial charge in [-0.05, 0) is 35.4 Å². The van der Waals surface area contributed by atoms with Crippen LogP contribution in [0.4, 0.5) is 11.4 Å². The van der Waals surface area contributed by atoms with Gasteiger partial charge in [0, 0.05) is 17.8 Å². The Balaban J connectivity index is 1.70. The van der Waals surface area contributed by atoms with Crippen molar-refractivity contribution in [2.45, 2.75) is 19.1 Å². The molecule has 0 unspecified atom stereocenters. The number of carbonyl (C=O) groups is 1. The first kappa shape index (κ1) is 17.5. The SMILES string of the molecule is Nc1ccc(N[C@@H](Cc2ccccc2)C(=O)OCc2ccccc2)cc1. The van der Waals surface area contributed by atoms with Gasteiger partial charge in [-0.2, -0.15) is 0 Å². The first-order valence-corrected chi connectivity index (χ1v) is 8.57. The summed E-state index contributed by atoms with van der Waals surface area (Å²) < 4.78 is 5.53. The van der Waals surface area contributed by atoms with Crippen molar-refractivity contribution < 1.29 is 9.53 Å². The third-order valence-corrected chi connectivity index (χ3v) is 4.04. The van der Waals surface area contributed by atoms with Gasteiger partial charge < -0.3 is 15.8 Å². The number of anilines is 2. The fourth-order valence-electron chi connectivity index (χ4n) is 2.65. The van der Waals surface area contributed by atoms with Crippen molar-refractivity contribution in [3.05, 3.63) is 96.1 Å². The summed E-state index contributed by atoms with van der Waals surface area (Å²) >= 11 is 0. The Labute approximate surface area is 153 Å². The molecule has 3 aromatic rings. The molecule has 4 heteroatoms. The average Bonchev–Trinajstić information content (AvgIpc) is 2.69. The van der Waals surface area contributed by atoms with E-state index in [1.54, 1.807) is 12.1 Å². The van der Waals surface area contributed by atoms with E-state index in [0.29, 0.717) is 12.1 Å². The lowest BCUT2D eigenvalue weighted by Gasteiger charge is -2.19. The third kappa shape index (κ3) is 5.11. The molecule has 0 aliphatic heterocycles. The number of nitrogen functional groups attached to an aromatic ring is 1. The van der Waals surface area contributed by atoms with Gasteiger partial charge in [0.05, 0.1) is 0 Å². The molecule has 0 heterocycles. The van der Waals surface area contributed by atoms with Crippen molar-refractivity contribution in [1.82, 2.24) is 0 Å². The van der Waals surface area contributed by atoms with E-state index in [4.69, 9.17) is 10.5 Å². The van der Waals surface area contributed by atoms with Crippen molar-refractivity contribution in [2.75, 3.05) is 11.1 Å². The van der Waals surface area contributed by atoms with E-state index in [-0.39, 0.29) is 12.6 Å². The summed E-state index contributed by atoms with van der Waals surface area (Å²) in [6.45, 7) is 0.258. The van der Waals surface area contributed by atoms with E-state index in [1.165, 1.54) is 0 Å². The highest BCUT2D eigenvalue weighted by molar-refractivity contribution is 5.80. The first-order valence-electron chi connectivity index (χ1n) is 8.57. The van der Waals surface area contributed by atoms with E-state index in [9.17, 15) is 4.79 Å². The number of carbonyl (C=O) groups excluding carboxylic acids is 1. The molecule has 0 aliphatic rings. The fourth-order valence-corrected chi connectivity index (χ4v) is 2.65. The largest absolute Gasteiger partial charge is 0.459 e. The maximum atomic E-state index is 12.7. The lowest BCUT2D eigenvalue weighted by molar-refractivity contribution is -0.145. The van der Waals surface area contributed by atoms with E-state index < -0.39 is 6.04 Å². The summed E-state index contributed by atoms with van der Waals surface area (Å²) in [6.07, 6.45) is 0.541. The van der Waals surface area contributed by atoms with Crippen LogP contribution in [0.25, 0.3) is 0 Å². The molecular weight excluding hydrogens is 324 g/mol. The molecule has 3 rings (SSSR count). The summed E-state index contributed by atoms with van der Waals surface area (Å²) in [5, 5.41) is 3.26. The van der Waals surface area contributed by atoms with Crippen LogP contribution in [0.15, 0.2) is 84.9 Å². The van der Waals surface area contributed by atoms with Crippen molar-refractivity contribution >= 4 is 17.3 Å². The zero-order valence-corrected chi connectivity index (χ0v) is 14.5. The van der Waals surface area contributed by atoms with Gasteiger partial charge in [-0.1, -0.05) is 60.7 Å². The van der Waals surface area contributed by atoms with Gasteiger partial charge in [-0.3, -0.25) is 0 Å². The van der Waals surface area contributed by atoms with Gasteiger partial charge in [-0.25, -0.2) is 4.79 Å². The Bertz CT molecular complexity index is 818. The zero-order chi connectivity index (χ0) is 18.2. The molecule has 3 aromatic carbocycles. The standard InChI is InChI=1S/C22H22N2O2/c23-19-11-13-20(14-12-19)24-21(15-17-7-3-1-4-8-17)22(25)26-16-18-9-5-2-6-10-18/h1-14,21,24H,15-16,23H2/t21-/m0/s1. The van der Waals surface area contributed by atoms with E-state index in [2.05, 4.69) is 5.32 Å². The number of hydrogen-bond acceptors (Lipinski definition) is 4. The topological polar surface area (TPSA) is 64.3 Å². The summed E-state index contributed by atoms with van der Waals surface area (Å²) in [7, 11) is 0. The highest BCUT2D eigenvalue weighted by Crippen LogP contribution is 2.15. The van der Waals surface area contributed by atoms with Crippen molar-refractivity contribution in [3.63, 3.8) is 0 Å². The summed E-state index contributed by atoms with van der Waals surface area (Å²) in [5.74, 6) is -0.283. The van der Waals surface area contributed by atoms with Gasteiger partial charge in [-0.15, -0.1) is 0 Å². The molecule has 3 N–H and O–H groups in total. The molecule has 0 aromatic heterocycles. The molecule has 4 nitrogen and oxygen atoms in total. The second-order valence-electron chi connectivity index (χ2n) is 6.10. The summed E-state index contributed by atoms with van der Waals surface area (Å²) in [5.41, 5.74) is 9.28. The Morgan fingerprint density at radius 1 is 0.846 bits per heavy atom. The van der Waals surface area contributed by atoms with Crippen molar-refractivity contribution in [1.29, 1.82) is 0 Å². The van der Waals surface area contributed by atoms with Crippen LogP contribution in [-0.4, -0.2) is 12.0 Å². The fraction of sp³-hybridized carbons (Fsp3) is 0.136. The van der Waals surface area contributed by atoms with Crippen LogP contribution in [0, 0.1) is 0 Å². The molecular formula is C22H22N2O2. The predicted molar refractivity (Wildman–Crippen MR) is 105 cm³/mol. The van der Waals surface area contributed by atoms with Gasteiger partial charge in [0.1, 0.15) is 12.6 Å². The minimum Gasteiger partial charge on any atom is -0.459 e. The maximum absolute atomic E-state index is 12.7. The van der Waals surface area contributed by atoms with Crippen LogP contribution in [0.1, 0.15) is 11.1 Å². The van der Waals surface area contributed by atoms with Crippen LogP contribution in [0.5, 0.6) is 0 Å². The number of hydrogen-bond donors (Lipinski definition) is 2. The molecule has 26 heavy (non-hydrogen) atoms. The third-order valence-electron chi connectivity index (χ3n) is 4.04. The monoisotopic (exact) mass is 346 g/mol. The zero-order valence-electron chi connectivity index (χ0n) is 14.5. The Morgan fingerprint density at radius 3 is 2.04 bits per heavy atom. The summed E-state index contributed by atoms with van der Waals surface area (Å²) in [4.78, 5) is 12.7. The van der Waals surface area contributed by atoms with Crippen molar-refractivity contribution in [2.24, 2.45) is 0 Å². The predicted octanol–water partition coefficient (Wildman–Crippen LogP) is 4.04. The van der Waals surface area contributed by atoms with Crippen LogP contribution in [0.2, 0.25) is 0 Å². The second-order valence-corrected chi connectivity index (χ2v) is 6.10. The molecule has 0 spiro atoms. The minimum atomic E-state index is -0.482. The number of benzene rings is 3. The van der Waals surface area contributed by atoms with E-state index >= 15 is 0 Å². The normalized spacial score (nSPS) is 11.5. The number of nitrogens with one attached hydrogen (secondary N) is 1. The number of rotatable bonds is 7. The lowest BCUT2D eigenvalue weighted by Crippen LogP contribution is -2.33. The maximum Gasteiger partial charge on any atom is 0.329 e. The number of nitrogens with two attached hydrogens (primary N) is 1.